The standard InChI is InChI=1S/C19H24N4O3/c1-26-15-4-2-3-14(11-15)18(24)19(25)23-9-7-22(8-10-23)17-12-16(20-21-17)13-5-6-13/h2-4,11-13,18,24H,5-10H2,1H3,(H,20,21). The Labute approximate surface area is 152 Å². The van der Waals surface area contributed by atoms with Crippen molar-refractivity contribution in [2.45, 2.75) is 24.9 Å². The van der Waals surface area contributed by atoms with E-state index in [9.17, 15) is 9.90 Å². The molecule has 7 nitrogen and oxygen atoms in total. The van der Waals surface area contributed by atoms with Gasteiger partial charge in [-0.1, -0.05) is 12.1 Å². The lowest BCUT2D eigenvalue weighted by atomic mass is 10.1. The molecule has 1 aliphatic heterocycles. The molecule has 1 atom stereocenters. The first-order valence-electron chi connectivity index (χ1n) is 9.07. The second-order valence-corrected chi connectivity index (χ2v) is 6.95. The Morgan fingerprint density at radius 1 is 1.27 bits per heavy atom. The topological polar surface area (TPSA) is 81.7 Å². The molecule has 2 aromatic rings. The lowest BCUT2D eigenvalue weighted by Gasteiger charge is -2.35. The molecule has 1 amide bonds. The molecule has 4 rings (SSSR count). The van der Waals surface area contributed by atoms with E-state index in [0.29, 0.717) is 43.4 Å². The number of ether oxygens (including phenoxy) is 1. The largest absolute Gasteiger partial charge is 0.497 e. The number of anilines is 1. The van der Waals surface area contributed by atoms with E-state index in [0.717, 1.165) is 5.82 Å². The van der Waals surface area contributed by atoms with E-state index in [1.165, 1.54) is 18.5 Å². The first-order valence-corrected chi connectivity index (χ1v) is 9.07. The number of benzene rings is 1. The number of H-pyrrole nitrogens is 1. The Morgan fingerprint density at radius 2 is 2.04 bits per heavy atom. The minimum Gasteiger partial charge on any atom is -0.497 e. The molecule has 1 unspecified atom stereocenters. The van der Waals surface area contributed by atoms with Crippen LogP contribution in [0.25, 0.3) is 0 Å². The first-order chi connectivity index (χ1) is 12.7. The summed E-state index contributed by atoms with van der Waals surface area (Å²) in [5.41, 5.74) is 1.77. The predicted octanol–water partition coefficient (Wildman–Crippen LogP) is 1.68. The zero-order valence-corrected chi connectivity index (χ0v) is 14.9. The van der Waals surface area contributed by atoms with Gasteiger partial charge in [-0.25, -0.2) is 0 Å². The zero-order chi connectivity index (χ0) is 18.1. The average Bonchev–Trinajstić information content (AvgIpc) is 3.44. The van der Waals surface area contributed by atoms with Crippen molar-refractivity contribution in [2.75, 3.05) is 38.2 Å². The molecule has 2 heterocycles. The molecule has 0 bridgehead atoms. The van der Waals surface area contributed by atoms with E-state index in [1.807, 2.05) is 0 Å². The van der Waals surface area contributed by atoms with Crippen LogP contribution in [0, 0.1) is 0 Å². The number of hydrogen-bond acceptors (Lipinski definition) is 5. The Kier molecular flexibility index (Phi) is 4.55. The average molecular weight is 356 g/mol. The zero-order valence-electron chi connectivity index (χ0n) is 14.9. The van der Waals surface area contributed by atoms with Crippen molar-refractivity contribution in [3.05, 3.63) is 41.6 Å². The number of methoxy groups -OCH3 is 1. The lowest BCUT2D eigenvalue weighted by Crippen LogP contribution is -2.50. The molecule has 1 aliphatic carbocycles. The van der Waals surface area contributed by atoms with Crippen LogP contribution in [0.5, 0.6) is 5.75 Å². The molecule has 1 aromatic heterocycles. The fraction of sp³-hybridized carbons (Fsp3) is 0.474. The number of aliphatic hydroxyl groups excluding tert-OH is 1. The van der Waals surface area contributed by atoms with Crippen LogP contribution in [0.1, 0.15) is 36.1 Å². The fourth-order valence-electron chi connectivity index (χ4n) is 3.37. The Morgan fingerprint density at radius 3 is 2.73 bits per heavy atom. The van der Waals surface area contributed by atoms with Crippen molar-refractivity contribution in [1.29, 1.82) is 0 Å². The van der Waals surface area contributed by atoms with Crippen LogP contribution in [-0.2, 0) is 4.79 Å². The first kappa shape index (κ1) is 16.9. The number of piperazine rings is 1. The Hall–Kier alpha value is -2.54. The minimum absolute atomic E-state index is 0.265. The van der Waals surface area contributed by atoms with E-state index < -0.39 is 6.10 Å². The van der Waals surface area contributed by atoms with Crippen LogP contribution in [0.2, 0.25) is 0 Å². The number of aromatic amines is 1. The third kappa shape index (κ3) is 3.39. The maximum absolute atomic E-state index is 12.6. The quantitative estimate of drug-likeness (QED) is 0.852. The van der Waals surface area contributed by atoms with Gasteiger partial charge >= 0.3 is 0 Å². The minimum atomic E-state index is -1.16. The van der Waals surface area contributed by atoms with Gasteiger partial charge in [0.15, 0.2) is 11.9 Å². The van der Waals surface area contributed by atoms with Gasteiger partial charge in [0.1, 0.15) is 5.75 Å². The number of hydrogen-bond donors (Lipinski definition) is 2. The molecule has 2 aliphatic rings. The molecular formula is C19H24N4O3. The predicted molar refractivity (Wildman–Crippen MR) is 97.3 cm³/mol. The normalized spacial score (nSPS) is 18.7. The smallest absolute Gasteiger partial charge is 0.256 e. The SMILES string of the molecule is COc1cccc(C(O)C(=O)N2CCN(c3cc(C4CC4)[nH]n3)CC2)c1. The number of aromatic nitrogens is 2. The summed E-state index contributed by atoms with van der Waals surface area (Å²) in [6, 6.07) is 9.13. The van der Waals surface area contributed by atoms with Crippen molar-refractivity contribution in [3.63, 3.8) is 0 Å². The van der Waals surface area contributed by atoms with E-state index in [4.69, 9.17) is 4.74 Å². The molecule has 1 saturated heterocycles. The summed E-state index contributed by atoms with van der Waals surface area (Å²) >= 11 is 0. The number of rotatable bonds is 5. The second kappa shape index (κ2) is 6.99. The van der Waals surface area contributed by atoms with Crippen LogP contribution in [0.15, 0.2) is 30.3 Å². The highest BCUT2D eigenvalue weighted by Crippen LogP contribution is 2.39. The maximum atomic E-state index is 12.6. The van der Waals surface area contributed by atoms with Gasteiger partial charge in [0, 0.05) is 43.9 Å². The molecule has 0 spiro atoms. The number of carbonyl (C=O) groups is 1. The fourth-order valence-corrected chi connectivity index (χ4v) is 3.37. The molecule has 2 fully saturated rings. The van der Waals surface area contributed by atoms with Crippen molar-refractivity contribution < 1.29 is 14.6 Å². The molecular weight excluding hydrogens is 332 g/mol. The van der Waals surface area contributed by atoms with Gasteiger partial charge in [0.2, 0.25) is 0 Å². The molecule has 138 valence electrons. The van der Waals surface area contributed by atoms with E-state index in [2.05, 4.69) is 21.2 Å². The molecule has 2 N–H and O–H groups in total. The Balaban J connectivity index is 1.36. The van der Waals surface area contributed by atoms with Crippen LogP contribution < -0.4 is 9.64 Å². The molecule has 1 aromatic carbocycles. The molecule has 1 saturated carbocycles. The number of nitrogens with one attached hydrogen (secondary N) is 1. The Bertz CT molecular complexity index is 779. The monoisotopic (exact) mass is 356 g/mol. The maximum Gasteiger partial charge on any atom is 0.256 e. The highest BCUT2D eigenvalue weighted by molar-refractivity contribution is 5.82. The highest BCUT2D eigenvalue weighted by Gasteiger charge is 2.30. The summed E-state index contributed by atoms with van der Waals surface area (Å²) < 4.78 is 5.16. The number of nitrogens with zero attached hydrogens (tertiary/aromatic N) is 3. The lowest BCUT2D eigenvalue weighted by molar-refractivity contribution is -0.140. The molecule has 0 radical (unpaired) electrons. The van der Waals surface area contributed by atoms with Crippen molar-refractivity contribution in [2.24, 2.45) is 0 Å². The second-order valence-electron chi connectivity index (χ2n) is 6.95. The number of aliphatic hydroxyl groups is 1. The van der Waals surface area contributed by atoms with Crippen LogP contribution in [0.4, 0.5) is 5.82 Å². The van der Waals surface area contributed by atoms with Crippen LogP contribution in [-0.4, -0.2) is 59.4 Å². The summed E-state index contributed by atoms with van der Waals surface area (Å²) in [6.45, 7) is 2.58. The van der Waals surface area contributed by atoms with Gasteiger partial charge in [-0.15, -0.1) is 0 Å². The molecule has 7 heteroatoms. The van der Waals surface area contributed by atoms with E-state index in [1.54, 1.807) is 36.3 Å². The molecule has 26 heavy (non-hydrogen) atoms. The van der Waals surface area contributed by atoms with Gasteiger partial charge in [0.25, 0.3) is 5.91 Å². The third-order valence-corrected chi connectivity index (χ3v) is 5.16. The van der Waals surface area contributed by atoms with Gasteiger partial charge in [-0.05, 0) is 30.5 Å². The summed E-state index contributed by atoms with van der Waals surface area (Å²) in [6.07, 6.45) is 1.32. The van der Waals surface area contributed by atoms with E-state index in [-0.39, 0.29) is 5.91 Å². The van der Waals surface area contributed by atoms with Crippen molar-refractivity contribution in [1.82, 2.24) is 15.1 Å². The van der Waals surface area contributed by atoms with Gasteiger partial charge < -0.3 is 19.6 Å². The third-order valence-electron chi connectivity index (χ3n) is 5.16. The number of carbonyl (C=O) groups excluding carboxylic acids is 1. The summed E-state index contributed by atoms with van der Waals surface area (Å²) in [5.74, 6) is 1.97. The van der Waals surface area contributed by atoms with Crippen molar-refractivity contribution in [3.8, 4) is 5.75 Å². The van der Waals surface area contributed by atoms with Crippen LogP contribution >= 0.6 is 0 Å². The summed E-state index contributed by atoms with van der Waals surface area (Å²) in [4.78, 5) is 16.5. The number of amides is 1. The summed E-state index contributed by atoms with van der Waals surface area (Å²) in [7, 11) is 1.57. The van der Waals surface area contributed by atoms with Crippen molar-refractivity contribution >= 4 is 11.7 Å². The van der Waals surface area contributed by atoms with Gasteiger partial charge in [0.05, 0.1) is 7.11 Å². The van der Waals surface area contributed by atoms with Crippen LogP contribution in [0.3, 0.4) is 0 Å². The van der Waals surface area contributed by atoms with Gasteiger partial charge in [-0.2, -0.15) is 5.10 Å². The van der Waals surface area contributed by atoms with Gasteiger partial charge in [-0.3, -0.25) is 9.89 Å². The van der Waals surface area contributed by atoms with E-state index >= 15 is 0 Å². The highest BCUT2D eigenvalue weighted by atomic mass is 16.5. The summed E-state index contributed by atoms with van der Waals surface area (Å²) in [5, 5.41) is 18.0.